The van der Waals surface area contributed by atoms with Crippen LogP contribution in [0.1, 0.15) is 22.6 Å². The maximum absolute atomic E-state index is 3.30. The quantitative estimate of drug-likeness (QED) is 0.848. The Morgan fingerprint density at radius 2 is 1.94 bits per heavy atom. The zero-order valence-electron chi connectivity index (χ0n) is 10.4. The highest BCUT2D eigenvalue weighted by Gasteiger charge is 2.11. The van der Waals surface area contributed by atoms with Gasteiger partial charge in [0, 0.05) is 12.5 Å². The van der Waals surface area contributed by atoms with E-state index >= 15 is 0 Å². The predicted molar refractivity (Wildman–Crippen MR) is 75.9 cm³/mol. The predicted octanol–water partition coefficient (Wildman–Crippen LogP) is 3.60. The van der Waals surface area contributed by atoms with Crippen LogP contribution in [0.4, 0.5) is 0 Å². The fourth-order valence-electron chi connectivity index (χ4n) is 2.09. The van der Waals surface area contributed by atoms with E-state index in [-0.39, 0.29) is 0 Å². The van der Waals surface area contributed by atoms with Crippen LogP contribution in [0.15, 0.2) is 41.1 Å². The van der Waals surface area contributed by atoms with Crippen LogP contribution in [0.25, 0.3) is 0 Å². The number of aryl methyl sites for hydroxylation is 1. The lowest BCUT2D eigenvalue weighted by atomic mass is 9.92. The van der Waals surface area contributed by atoms with Crippen molar-refractivity contribution >= 4 is 11.3 Å². The molecule has 0 saturated carbocycles. The number of benzene rings is 1. The van der Waals surface area contributed by atoms with Crippen LogP contribution < -0.4 is 5.32 Å². The van der Waals surface area contributed by atoms with Gasteiger partial charge in [-0.15, -0.1) is 0 Å². The lowest BCUT2D eigenvalue weighted by molar-refractivity contribution is 0.626. The SMILES string of the molecule is CNCC(Cc1ccsc1)c1ccc(C)cc1. The zero-order valence-corrected chi connectivity index (χ0v) is 11.3. The van der Waals surface area contributed by atoms with E-state index in [1.165, 1.54) is 16.7 Å². The number of hydrogen-bond acceptors (Lipinski definition) is 2. The van der Waals surface area contributed by atoms with Gasteiger partial charge in [0.15, 0.2) is 0 Å². The van der Waals surface area contributed by atoms with Crippen LogP contribution in [0, 0.1) is 6.92 Å². The van der Waals surface area contributed by atoms with Gasteiger partial charge in [-0.2, -0.15) is 11.3 Å². The third-order valence-electron chi connectivity index (χ3n) is 3.06. The Bertz CT molecular complexity index is 430. The molecule has 1 aromatic carbocycles. The van der Waals surface area contributed by atoms with Gasteiger partial charge in [0.05, 0.1) is 0 Å². The van der Waals surface area contributed by atoms with Gasteiger partial charge >= 0.3 is 0 Å². The number of nitrogens with one attached hydrogen (secondary N) is 1. The van der Waals surface area contributed by atoms with Gasteiger partial charge in [-0.05, 0) is 48.3 Å². The molecule has 1 unspecified atom stereocenters. The number of likely N-dealkylation sites (N-methyl/N-ethyl adjacent to an activating group) is 1. The number of thiophene rings is 1. The van der Waals surface area contributed by atoms with Crippen molar-refractivity contribution < 1.29 is 0 Å². The fraction of sp³-hybridized carbons (Fsp3) is 0.333. The molecule has 1 atom stereocenters. The zero-order chi connectivity index (χ0) is 12.1. The molecule has 90 valence electrons. The summed E-state index contributed by atoms with van der Waals surface area (Å²) in [6.45, 7) is 3.16. The molecule has 17 heavy (non-hydrogen) atoms. The Balaban J connectivity index is 2.13. The van der Waals surface area contributed by atoms with Crippen molar-refractivity contribution in [1.82, 2.24) is 5.32 Å². The molecular formula is C15H19NS. The summed E-state index contributed by atoms with van der Waals surface area (Å²) in [6, 6.07) is 11.1. The Labute approximate surface area is 108 Å². The maximum atomic E-state index is 3.30. The molecule has 0 aliphatic rings. The van der Waals surface area contributed by atoms with E-state index in [4.69, 9.17) is 0 Å². The highest BCUT2D eigenvalue weighted by Crippen LogP contribution is 2.22. The minimum Gasteiger partial charge on any atom is -0.319 e. The summed E-state index contributed by atoms with van der Waals surface area (Å²) in [5.74, 6) is 0.565. The van der Waals surface area contributed by atoms with Gasteiger partial charge < -0.3 is 5.32 Å². The van der Waals surface area contributed by atoms with Crippen molar-refractivity contribution in [1.29, 1.82) is 0 Å². The molecule has 0 amide bonds. The largest absolute Gasteiger partial charge is 0.319 e. The van der Waals surface area contributed by atoms with Crippen molar-refractivity contribution in [2.45, 2.75) is 19.3 Å². The molecule has 1 heterocycles. The Hall–Kier alpha value is -1.12. The molecule has 2 aromatic rings. The second kappa shape index (κ2) is 5.99. The fourth-order valence-corrected chi connectivity index (χ4v) is 2.77. The van der Waals surface area contributed by atoms with Crippen molar-refractivity contribution in [3.05, 3.63) is 57.8 Å². The van der Waals surface area contributed by atoms with Gasteiger partial charge in [-0.25, -0.2) is 0 Å². The number of hydrogen-bond donors (Lipinski definition) is 1. The summed E-state index contributed by atoms with van der Waals surface area (Å²) in [7, 11) is 2.02. The van der Waals surface area contributed by atoms with Gasteiger partial charge in [0.2, 0.25) is 0 Å². The van der Waals surface area contributed by atoms with E-state index in [9.17, 15) is 0 Å². The highest BCUT2D eigenvalue weighted by atomic mass is 32.1. The van der Waals surface area contributed by atoms with Gasteiger partial charge in [0.25, 0.3) is 0 Å². The molecule has 1 aromatic heterocycles. The van der Waals surface area contributed by atoms with Gasteiger partial charge in [-0.1, -0.05) is 29.8 Å². The lowest BCUT2D eigenvalue weighted by Gasteiger charge is -2.16. The Morgan fingerprint density at radius 1 is 1.18 bits per heavy atom. The number of rotatable bonds is 5. The van der Waals surface area contributed by atoms with E-state index in [2.05, 4.69) is 53.3 Å². The Morgan fingerprint density at radius 3 is 2.53 bits per heavy atom. The molecule has 1 nitrogen and oxygen atoms in total. The summed E-state index contributed by atoms with van der Waals surface area (Å²) >= 11 is 1.78. The first-order valence-electron chi connectivity index (χ1n) is 6.02. The first-order chi connectivity index (χ1) is 8.29. The molecule has 0 saturated heterocycles. The average Bonchev–Trinajstić information content (AvgIpc) is 2.82. The monoisotopic (exact) mass is 245 g/mol. The van der Waals surface area contributed by atoms with E-state index in [1.807, 2.05) is 7.05 Å². The van der Waals surface area contributed by atoms with Crippen molar-refractivity contribution in [2.24, 2.45) is 0 Å². The molecule has 2 heteroatoms. The van der Waals surface area contributed by atoms with Crippen molar-refractivity contribution in [2.75, 3.05) is 13.6 Å². The maximum Gasteiger partial charge on any atom is 0.00203 e. The topological polar surface area (TPSA) is 12.0 Å². The first kappa shape index (κ1) is 12.3. The molecule has 0 radical (unpaired) electrons. The van der Waals surface area contributed by atoms with Crippen LogP contribution in [0.5, 0.6) is 0 Å². The molecule has 0 fully saturated rings. The summed E-state index contributed by atoms with van der Waals surface area (Å²) in [5, 5.41) is 7.70. The van der Waals surface area contributed by atoms with Crippen molar-refractivity contribution in [3.63, 3.8) is 0 Å². The van der Waals surface area contributed by atoms with Crippen LogP contribution in [0.2, 0.25) is 0 Å². The molecule has 0 aliphatic carbocycles. The van der Waals surface area contributed by atoms with Crippen molar-refractivity contribution in [3.8, 4) is 0 Å². The minimum atomic E-state index is 0.565. The average molecular weight is 245 g/mol. The third-order valence-corrected chi connectivity index (χ3v) is 3.79. The normalized spacial score (nSPS) is 12.6. The summed E-state index contributed by atoms with van der Waals surface area (Å²) < 4.78 is 0. The smallest absolute Gasteiger partial charge is 0.00203 e. The van der Waals surface area contributed by atoms with E-state index in [0.717, 1.165) is 13.0 Å². The summed E-state index contributed by atoms with van der Waals surface area (Å²) in [5.41, 5.74) is 4.19. The standard InChI is InChI=1S/C15H19NS/c1-12-3-5-14(6-4-12)15(10-16-2)9-13-7-8-17-11-13/h3-8,11,15-16H,9-10H2,1-2H3. The molecule has 2 rings (SSSR count). The van der Waals surface area contributed by atoms with Crippen LogP contribution in [-0.4, -0.2) is 13.6 Å². The van der Waals surface area contributed by atoms with E-state index in [1.54, 1.807) is 11.3 Å². The first-order valence-corrected chi connectivity index (χ1v) is 6.96. The van der Waals surface area contributed by atoms with Gasteiger partial charge in [0.1, 0.15) is 0 Å². The van der Waals surface area contributed by atoms with Crippen LogP contribution in [0.3, 0.4) is 0 Å². The molecule has 1 N–H and O–H groups in total. The van der Waals surface area contributed by atoms with Gasteiger partial charge in [-0.3, -0.25) is 0 Å². The van der Waals surface area contributed by atoms with E-state index < -0.39 is 0 Å². The summed E-state index contributed by atoms with van der Waals surface area (Å²) in [4.78, 5) is 0. The lowest BCUT2D eigenvalue weighted by Crippen LogP contribution is -2.19. The van der Waals surface area contributed by atoms with Crippen LogP contribution in [-0.2, 0) is 6.42 Å². The molecule has 0 bridgehead atoms. The van der Waals surface area contributed by atoms with E-state index in [0.29, 0.717) is 5.92 Å². The minimum absolute atomic E-state index is 0.565. The third kappa shape index (κ3) is 3.42. The molecular weight excluding hydrogens is 226 g/mol. The molecule has 0 aliphatic heterocycles. The Kier molecular flexibility index (Phi) is 4.35. The highest BCUT2D eigenvalue weighted by molar-refractivity contribution is 7.07. The second-order valence-corrected chi connectivity index (χ2v) is 5.28. The second-order valence-electron chi connectivity index (χ2n) is 4.50. The molecule has 0 spiro atoms. The summed E-state index contributed by atoms with van der Waals surface area (Å²) in [6.07, 6.45) is 1.12. The van der Waals surface area contributed by atoms with Crippen LogP contribution >= 0.6 is 11.3 Å².